The first-order valence-corrected chi connectivity index (χ1v) is 11.4. The van der Waals surface area contributed by atoms with Gasteiger partial charge < -0.3 is 4.52 Å². The van der Waals surface area contributed by atoms with Gasteiger partial charge in [0.05, 0.1) is 0 Å². The summed E-state index contributed by atoms with van der Waals surface area (Å²) in [7, 11) is -4.03. The molecule has 5 heteroatoms. The van der Waals surface area contributed by atoms with E-state index in [0.717, 1.165) is 16.7 Å². The van der Waals surface area contributed by atoms with Gasteiger partial charge in [0.25, 0.3) is 0 Å². The summed E-state index contributed by atoms with van der Waals surface area (Å²) in [6, 6.07) is 26.6. The number of rotatable bonds is 8. The number of phosphoric ester groups is 1. The molecule has 0 spiro atoms. The van der Waals surface area contributed by atoms with Crippen LogP contribution in [0.2, 0.25) is 0 Å². The zero-order valence-corrected chi connectivity index (χ0v) is 19.1. The van der Waals surface area contributed by atoms with Gasteiger partial charge in [-0.05, 0) is 57.9 Å². The lowest BCUT2D eigenvalue weighted by Gasteiger charge is -2.34. The summed E-state index contributed by atoms with van der Waals surface area (Å²) >= 11 is 0. The molecule has 0 aromatic heterocycles. The van der Waals surface area contributed by atoms with Crippen molar-refractivity contribution in [2.75, 3.05) is 0 Å². The van der Waals surface area contributed by atoms with Crippen molar-refractivity contribution < 1.29 is 18.1 Å². The zero-order valence-electron chi connectivity index (χ0n) is 18.2. The SMILES string of the molecule is Cc1ccc(OP(=O)(OC(C)(C)c2ccccc2)OC(C)(C)c2ccccc2)cc1. The van der Waals surface area contributed by atoms with Crippen molar-refractivity contribution in [3.8, 4) is 5.75 Å². The highest BCUT2D eigenvalue weighted by molar-refractivity contribution is 7.49. The Hall–Kier alpha value is -2.39. The van der Waals surface area contributed by atoms with E-state index >= 15 is 0 Å². The first-order chi connectivity index (χ1) is 14.1. The fraction of sp³-hybridized carbons (Fsp3) is 0.280. The predicted molar refractivity (Wildman–Crippen MR) is 121 cm³/mol. The van der Waals surface area contributed by atoms with E-state index in [-0.39, 0.29) is 0 Å². The Morgan fingerprint density at radius 3 is 1.43 bits per heavy atom. The van der Waals surface area contributed by atoms with Crippen LogP contribution in [0.15, 0.2) is 84.9 Å². The maximum atomic E-state index is 14.0. The van der Waals surface area contributed by atoms with Gasteiger partial charge >= 0.3 is 7.82 Å². The van der Waals surface area contributed by atoms with Gasteiger partial charge in [-0.15, -0.1) is 0 Å². The van der Waals surface area contributed by atoms with Crippen LogP contribution in [0.5, 0.6) is 5.75 Å². The van der Waals surface area contributed by atoms with Crippen molar-refractivity contribution in [3.05, 3.63) is 102 Å². The number of hydrogen-bond acceptors (Lipinski definition) is 4. The van der Waals surface area contributed by atoms with E-state index < -0.39 is 19.0 Å². The maximum absolute atomic E-state index is 14.0. The molecule has 0 heterocycles. The molecule has 158 valence electrons. The molecule has 0 radical (unpaired) electrons. The Balaban J connectivity index is 1.95. The average molecular weight is 424 g/mol. The minimum atomic E-state index is -4.03. The highest BCUT2D eigenvalue weighted by atomic mass is 31.2. The van der Waals surface area contributed by atoms with E-state index in [1.165, 1.54) is 0 Å². The fourth-order valence-electron chi connectivity index (χ4n) is 3.13. The van der Waals surface area contributed by atoms with Crippen LogP contribution >= 0.6 is 7.82 Å². The Bertz CT molecular complexity index is 939. The van der Waals surface area contributed by atoms with Crippen molar-refractivity contribution in [1.29, 1.82) is 0 Å². The van der Waals surface area contributed by atoms with Crippen molar-refractivity contribution >= 4 is 7.82 Å². The second-order valence-electron chi connectivity index (χ2n) is 8.29. The zero-order chi connectivity index (χ0) is 21.8. The van der Waals surface area contributed by atoms with Gasteiger partial charge in [0.2, 0.25) is 0 Å². The van der Waals surface area contributed by atoms with Crippen molar-refractivity contribution in [3.63, 3.8) is 0 Å². The van der Waals surface area contributed by atoms with Crippen LogP contribution in [0.4, 0.5) is 0 Å². The van der Waals surface area contributed by atoms with Crippen LogP contribution in [0.1, 0.15) is 44.4 Å². The average Bonchev–Trinajstić information content (AvgIpc) is 2.70. The van der Waals surface area contributed by atoms with Gasteiger partial charge in [-0.25, -0.2) is 4.57 Å². The van der Waals surface area contributed by atoms with Crippen LogP contribution in [0.3, 0.4) is 0 Å². The van der Waals surface area contributed by atoms with Gasteiger partial charge in [0.15, 0.2) is 0 Å². The van der Waals surface area contributed by atoms with Gasteiger partial charge in [-0.3, -0.25) is 9.05 Å². The van der Waals surface area contributed by atoms with E-state index in [2.05, 4.69) is 0 Å². The molecule has 0 amide bonds. The van der Waals surface area contributed by atoms with Gasteiger partial charge in [0, 0.05) is 0 Å². The molecule has 0 saturated heterocycles. The second-order valence-corrected chi connectivity index (χ2v) is 9.73. The Labute approximate surface area is 179 Å². The van der Waals surface area contributed by atoms with Crippen LogP contribution in [-0.4, -0.2) is 0 Å². The summed E-state index contributed by atoms with van der Waals surface area (Å²) in [4.78, 5) is 0. The Morgan fingerprint density at radius 1 is 0.633 bits per heavy atom. The van der Waals surface area contributed by atoms with Crippen molar-refractivity contribution in [2.24, 2.45) is 0 Å². The third kappa shape index (κ3) is 5.60. The van der Waals surface area contributed by atoms with E-state index in [9.17, 15) is 4.57 Å². The van der Waals surface area contributed by atoms with Crippen molar-refractivity contribution in [2.45, 2.75) is 45.8 Å². The quantitative estimate of drug-likeness (QED) is 0.354. The number of aryl methyl sites for hydroxylation is 1. The Kier molecular flexibility index (Phi) is 6.52. The van der Waals surface area contributed by atoms with Crippen LogP contribution < -0.4 is 4.52 Å². The highest BCUT2D eigenvalue weighted by Gasteiger charge is 2.43. The van der Waals surface area contributed by atoms with Gasteiger partial charge in [-0.2, -0.15) is 0 Å². The summed E-state index contributed by atoms with van der Waals surface area (Å²) < 4.78 is 32.1. The third-order valence-corrected chi connectivity index (χ3v) is 6.65. The largest absolute Gasteiger partial charge is 0.531 e. The first kappa shape index (κ1) is 22.3. The van der Waals surface area contributed by atoms with Crippen LogP contribution in [0, 0.1) is 6.92 Å². The molecule has 3 aromatic carbocycles. The molecule has 0 N–H and O–H groups in total. The first-order valence-electron chi connectivity index (χ1n) is 9.99. The lowest BCUT2D eigenvalue weighted by Crippen LogP contribution is -2.27. The monoisotopic (exact) mass is 424 g/mol. The molecule has 0 fully saturated rings. The normalized spacial score (nSPS) is 12.6. The molecule has 0 saturated carbocycles. The maximum Gasteiger partial charge on any atom is 0.531 e. The predicted octanol–water partition coefficient (Wildman–Crippen LogP) is 7.39. The second kappa shape index (κ2) is 8.77. The number of hydrogen-bond donors (Lipinski definition) is 0. The minimum absolute atomic E-state index is 0.427. The molecule has 0 aliphatic heterocycles. The molecule has 0 atom stereocenters. The fourth-order valence-corrected chi connectivity index (χ4v) is 4.95. The number of benzene rings is 3. The molecule has 0 aliphatic carbocycles. The molecule has 3 rings (SSSR count). The summed E-state index contributed by atoms with van der Waals surface area (Å²) in [5.74, 6) is 0.427. The van der Waals surface area contributed by atoms with Crippen LogP contribution in [0.25, 0.3) is 0 Å². The minimum Gasteiger partial charge on any atom is -0.404 e. The lowest BCUT2D eigenvalue weighted by molar-refractivity contribution is 0.00330. The van der Waals surface area contributed by atoms with Gasteiger partial charge in [-0.1, -0.05) is 78.4 Å². The van der Waals surface area contributed by atoms with Crippen LogP contribution in [-0.2, 0) is 24.8 Å². The van der Waals surface area contributed by atoms with Crippen molar-refractivity contribution in [1.82, 2.24) is 0 Å². The lowest BCUT2D eigenvalue weighted by atomic mass is 9.99. The topological polar surface area (TPSA) is 44.8 Å². The summed E-state index contributed by atoms with van der Waals surface area (Å²) in [5, 5.41) is 0. The molecule has 30 heavy (non-hydrogen) atoms. The van der Waals surface area contributed by atoms with E-state index in [1.807, 2.05) is 107 Å². The van der Waals surface area contributed by atoms with E-state index in [0.29, 0.717) is 5.75 Å². The third-order valence-electron chi connectivity index (χ3n) is 4.86. The Morgan fingerprint density at radius 2 is 1.03 bits per heavy atom. The molecule has 0 bridgehead atoms. The molecule has 0 unspecified atom stereocenters. The molecular formula is C25H29O4P. The van der Waals surface area contributed by atoms with E-state index in [1.54, 1.807) is 12.1 Å². The smallest absolute Gasteiger partial charge is 0.404 e. The van der Waals surface area contributed by atoms with Gasteiger partial charge in [0.1, 0.15) is 17.0 Å². The molecule has 0 aliphatic rings. The summed E-state index contributed by atoms with van der Waals surface area (Å²) in [6.07, 6.45) is 0. The molecular weight excluding hydrogens is 395 g/mol. The highest BCUT2D eigenvalue weighted by Crippen LogP contribution is 2.58. The van der Waals surface area contributed by atoms with E-state index in [4.69, 9.17) is 13.6 Å². The molecule has 4 nitrogen and oxygen atoms in total. The summed E-state index contributed by atoms with van der Waals surface area (Å²) in [6.45, 7) is 9.39. The summed E-state index contributed by atoms with van der Waals surface area (Å²) in [5.41, 5.74) is 1.04. The number of phosphoric acid groups is 1. The molecule has 3 aromatic rings. The standard InChI is InChI=1S/C25H29O4P/c1-20-16-18-23(19-17-20)27-30(26,28-24(2,3)21-12-8-6-9-13-21)29-25(4,5)22-14-10-7-11-15-22/h6-19H,1-5H3.